The highest BCUT2D eigenvalue weighted by atomic mass is 35.6. The molecule has 2 aromatic rings. The van der Waals surface area contributed by atoms with Crippen molar-refractivity contribution in [3.63, 3.8) is 0 Å². The van der Waals surface area contributed by atoms with Gasteiger partial charge in [-0.1, -0.05) is 64.2 Å². The van der Waals surface area contributed by atoms with Crippen LogP contribution in [0.3, 0.4) is 0 Å². The summed E-state index contributed by atoms with van der Waals surface area (Å²) >= 11 is 17.4. The van der Waals surface area contributed by atoms with Crippen LogP contribution in [0.5, 0.6) is 0 Å². The minimum atomic E-state index is -1.70. The lowest BCUT2D eigenvalue weighted by Crippen LogP contribution is -2.11. The summed E-state index contributed by atoms with van der Waals surface area (Å²) in [5.74, 6) is 0.939. The van der Waals surface area contributed by atoms with Gasteiger partial charge in [0.2, 0.25) is 3.79 Å². The number of aryl methyl sites for hydroxylation is 1. The van der Waals surface area contributed by atoms with Gasteiger partial charge in [0, 0.05) is 5.56 Å². The molecule has 2 rings (SSSR count). The van der Waals surface area contributed by atoms with Crippen molar-refractivity contribution in [1.82, 2.24) is 15.0 Å². The summed E-state index contributed by atoms with van der Waals surface area (Å²) < 4.78 is -1.70. The van der Waals surface area contributed by atoms with E-state index in [2.05, 4.69) is 20.1 Å². The molecule has 0 saturated heterocycles. The molecule has 1 heterocycles. The Hall–Kier alpha value is -1.43. The van der Waals surface area contributed by atoms with Crippen molar-refractivity contribution in [2.24, 2.45) is 5.16 Å². The van der Waals surface area contributed by atoms with E-state index >= 15 is 0 Å². The van der Waals surface area contributed by atoms with E-state index < -0.39 is 3.79 Å². The van der Waals surface area contributed by atoms with Crippen LogP contribution in [0.1, 0.15) is 17.2 Å². The summed E-state index contributed by atoms with van der Waals surface area (Å²) in [4.78, 5) is 12.4. The van der Waals surface area contributed by atoms with Crippen LogP contribution in [-0.2, 0) is 3.79 Å². The zero-order chi connectivity index (χ0) is 14.8. The third-order valence-corrected chi connectivity index (χ3v) is 2.88. The SMILES string of the molecule is Cc1nc(-c2ccc(/C=N/O)cc2)nc(C(Cl)(Cl)Cl)n1. The zero-order valence-corrected chi connectivity index (χ0v) is 12.5. The van der Waals surface area contributed by atoms with Crippen molar-refractivity contribution >= 4 is 41.0 Å². The van der Waals surface area contributed by atoms with Gasteiger partial charge in [0.1, 0.15) is 5.82 Å². The smallest absolute Gasteiger partial charge is 0.250 e. The molecule has 104 valence electrons. The Bertz CT molecular complexity index is 638. The standard InChI is InChI=1S/C12H9Cl3N4O/c1-7-17-10(19-11(18-7)12(13,14)15)9-4-2-8(3-5-9)6-16-20/h2-6,20H,1H3/b16-6+. The van der Waals surface area contributed by atoms with E-state index in [1.54, 1.807) is 31.2 Å². The monoisotopic (exact) mass is 330 g/mol. The summed E-state index contributed by atoms with van der Waals surface area (Å²) in [5, 5.41) is 11.4. The number of halogens is 3. The number of hydrogen-bond acceptors (Lipinski definition) is 5. The highest BCUT2D eigenvalue weighted by Gasteiger charge is 2.27. The van der Waals surface area contributed by atoms with Crippen molar-refractivity contribution in [2.45, 2.75) is 10.7 Å². The maximum Gasteiger partial charge on any atom is 0.250 e. The van der Waals surface area contributed by atoms with Crippen molar-refractivity contribution in [1.29, 1.82) is 0 Å². The van der Waals surface area contributed by atoms with Crippen LogP contribution in [0.15, 0.2) is 29.4 Å². The third kappa shape index (κ3) is 3.56. The Balaban J connectivity index is 2.44. The molecule has 0 aliphatic rings. The molecule has 20 heavy (non-hydrogen) atoms. The predicted molar refractivity (Wildman–Crippen MR) is 78.6 cm³/mol. The van der Waals surface area contributed by atoms with Gasteiger partial charge in [-0.2, -0.15) is 0 Å². The molecule has 5 nitrogen and oxygen atoms in total. The second-order valence-electron chi connectivity index (χ2n) is 3.89. The highest BCUT2D eigenvalue weighted by molar-refractivity contribution is 6.66. The summed E-state index contributed by atoms with van der Waals surface area (Å²) in [5.41, 5.74) is 1.48. The van der Waals surface area contributed by atoms with E-state index in [-0.39, 0.29) is 5.82 Å². The van der Waals surface area contributed by atoms with Crippen molar-refractivity contribution < 1.29 is 5.21 Å². The molecule has 0 aliphatic carbocycles. The van der Waals surface area contributed by atoms with Crippen molar-refractivity contribution in [3.05, 3.63) is 41.5 Å². The average molecular weight is 332 g/mol. The Kier molecular flexibility index (Phi) is 4.42. The Morgan fingerprint density at radius 1 is 1.10 bits per heavy atom. The molecule has 0 saturated carbocycles. The van der Waals surface area contributed by atoms with Gasteiger partial charge in [0.15, 0.2) is 11.6 Å². The van der Waals surface area contributed by atoms with Gasteiger partial charge in [-0.25, -0.2) is 15.0 Å². The second kappa shape index (κ2) is 5.91. The normalized spacial score (nSPS) is 12.0. The molecule has 0 unspecified atom stereocenters. The van der Waals surface area contributed by atoms with E-state index in [1.165, 1.54) is 6.21 Å². The highest BCUT2D eigenvalue weighted by Crippen LogP contribution is 2.36. The first-order chi connectivity index (χ1) is 9.40. The maximum atomic E-state index is 8.46. The number of rotatable bonds is 2. The summed E-state index contributed by atoms with van der Waals surface area (Å²) in [6.07, 6.45) is 1.31. The first-order valence-corrected chi connectivity index (χ1v) is 6.61. The molecule has 1 aromatic heterocycles. The molecule has 0 bridgehead atoms. The first-order valence-electron chi connectivity index (χ1n) is 5.48. The fourth-order valence-corrected chi connectivity index (χ4v) is 1.78. The number of alkyl halides is 3. The molecule has 8 heteroatoms. The maximum absolute atomic E-state index is 8.46. The van der Waals surface area contributed by atoms with E-state index in [0.29, 0.717) is 11.6 Å². The molecule has 0 aliphatic heterocycles. The predicted octanol–water partition coefficient (Wildman–Crippen LogP) is 3.48. The van der Waals surface area contributed by atoms with Gasteiger partial charge in [0.25, 0.3) is 0 Å². The Labute approximate surface area is 130 Å². The topological polar surface area (TPSA) is 71.3 Å². The van der Waals surface area contributed by atoms with Crippen LogP contribution in [0, 0.1) is 6.92 Å². The fourth-order valence-electron chi connectivity index (χ4n) is 1.52. The minimum Gasteiger partial charge on any atom is -0.411 e. The quantitative estimate of drug-likeness (QED) is 0.396. The van der Waals surface area contributed by atoms with Crippen LogP contribution < -0.4 is 0 Å². The first kappa shape index (κ1) is 15.0. The zero-order valence-electron chi connectivity index (χ0n) is 10.3. The van der Waals surface area contributed by atoms with E-state index in [1.807, 2.05) is 0 Å². The van der Waals surface area contributed by atoms with Gasteiger partial charge in [0.05, 0.1) is 6.21 Å². The van der Waals surface area contributed by atoms with Gasteiger partial charge in [-0.15, -0.1) is 0 Å². The molecule has 0 atom stereocenters. The number of benzene rings is 1. The summed E-state index contributed by atoms with van der Waals surface area (Å²) in [6, 6.07) is 7.05. The van der Waals surface area contributed by atoms with Gasteiger partial charge in [-0.3, -0.25) is 0 Å². The second-order valence-corrected chi connectivity index (χ2v) is 6.18. The van der Waals surface area contributed by atoms with Crippen molar-refractivity contribution in [2.75, 3.05) is 0 Å². The number of hydrogen-bond donors (Lipinski definition) is 1. The minimum absolute atomic E-state index is 0.0750. The van der Waals surface area contributed by atoms with Gasteiger partial charge in [-0.05, 0) is 12.5 Å². The Morgan fingerprint density at radius 3 is 2.30 bits per heavy atom. The van der Waals surface area contributed by atoms with Crippen LogP contribution >= 0.6 is 34.8 Å². The van der Waals surface area contributed by atoms with Crippen LogP contribution in [0.4, 0.5) is 0 Å². The lowest BCUT2D eigenvalue weighted by Gasteiger charge is -2.11. The lowest BCUT2D eigenvalue weighted by molar-refractivity contribution is 0.322. The molecule has 1 N–H and O–H groups in total. The van der Waals surface area contributed by atoms with E-state index in [0.717, 1.165) is 11.1 Å². The molecule has 1 aromatic carbocycles. The van der Waals surface area contributed by atoms with Gasteiger partial charge < -0.3 is 5.21 Å². The lowest BCUT2D eigenvalue weighted by atomic mass is 10.1. The molecular weight excluding hydrogens is 323 g/mol. The molecule has 0 radical (unpaired) electrons. The van der Waals surface area contributed by atoms with Crippen LogP contribution in [0.2, 0.25) is 0 Å². The number of nitrogens with zero attached hydrogens (tertiary/aromatic N) is 4. The number of oxime groups is 1. The largest absolute Gasteiger partial charge is 0.411 e. The van der Waals surface area contributed by atoms with Gasteiger partial charge >= 0.3 is 0 Å². The summed E-state index contributed by atoms with van der Waals surface area (Å²) in [7, 11) is 0. The molecule has 0 fully saturated rings. The van der Waals surface area contributed by atoms with Crippen molar-refractivity contribution in [3.8, 4) is 11.4 Å². The summed E-state index contributed by atoms with van der Waals surface area (Å²) in [6.45, 7) is 1.69. The van der Waals surface area contributed by atoms with E-state index in [9.17, 15) is 0 Å². The van der Waals surface area contributed by atoms with Crippen LogP contribution in [0.25, 0.3) is 11.4 Å². The van der Waals surface area contributed by atoms with E-state index in [4.69, 9.17) is 40.0 Å². The fraction of sp³-hybridized carbons (Fsp3) is 0.167. The third-order valence-electron chi connectivity index (χ3n) is 2.38. The molecular formula is C12H9Cl3N4O. The number of aromatic nitrogens is 3. The molecule has 0 spiro atoms. The average Bonchev–Trinajstić information content (AvgIpc) is 2.38. The molecule has 0 amide bonds. The Morgan fingerprint density at radius 2 is 1.75 bits per heavy atom. The van der Waals surface area contributed by atoms with Crippen LogP contribution in [-0.4, -0.2) is 26.4 Å².